The third kappa shape index (κ3) is 26.4. The fourth-order valence-electron chi connectivity index (χ4n) is 18.0. The Hall–Kier alpha value is -7.53. The lowest BCUT2D eigenvalue weighted by atomic mass is 9.85. The number of esters is 2. The van der Waals surface area contributed by atoms with Crippen molar-refractivity contribution in [1.82, 2.24) is 41.5 Å². The van der Waals surface area contributed by atoms with Crippen molar-refractivity contribution in [3.05, 3.63) is 63.4 Å². The number of rotatable bonds is 37. The Kier molecular flexibility index (Phi) is 40.7. The van der Waals surface area contributed by atoms with Crippen molar-refractivity contribution >= 4 is 87.5 Å². The summed E-state index contributed by atoms with van der Waals surface area (Å²) in [5.74, 6) is -13.0. The Morgan fingerprint density at radius 2 is 0.952 bits per heavy atom. The molecule has 13 unspecified atom stereocenters. The lowest BCUT2D eigenvalue weighted by Crippen LogP contribution is -2.69. The van der Waals surface area contributed by atoms with Crippen molar-refractivity contribution in [1.29, 1.82) is 0 Å². The highest BCUT2D eigenvalue weighted by atomic mass is 32.2. The number of ether oxygens (including phenoxy) is 18. The van der Waals surface area contributed by atoms with E-state index in [0.717, 1.165) is 34.5 Å². The van der Waals surface area contributed by atoms with Crippen LogP contribution in [0.25, 0.3) is 22.3 Å². The number of thioether (sulfide) groups is 2. The van der Waals surface area contributed by atoms with Gasteiger partial charge in [-0.1, -0.05) is 25.1 Å². The SMILES string of the molecule is CCNC(=O)CNC(=O)[C@@H](CSCC1O[C@@H]2O[C@]3(O)CO[C@@H](O[C@@H]4C(CO)O[C@@H](O[C@@H]5C(CSC[C@@H](NC)C(=O)NCC(=O)NCC(=O)NCC(=O)O[C@]6(CC)C(=O)OCc7c6cc6n(c7=O)Cc7cc8ccccc8nc7-6)O[C@@H](O[C@@H]6C(CO)O[C@H](O[C@@H]7C(CO)O[C@H](O[C@@H]8C(CO)O[C@H](O[C@H]1[C@H](O)C2O)C(O)[C@H]8O)C(O)[C@H]7O)C(O)[C@H]6O)C(O)[C@H]5O)C(O)[C@H]4O)C(O)[C@H]3O)CC(=O)CCOCCOCCC(C)=O. The van der Waals surface area contributed by atoms with Crippen molar-refractivity contribution in [3.63, 3.8) is 0 Å². The molecule has 23 aliphatic rings. The topological polar surface area (TPSA) is 811 Å². The highest BCUT2D eigenvalue weighted by Gasteiger charge is 2.62. The lowest BCUT2D eigenvalue weighted by Gasteiger charge is -2.50. The van der Waals surface area contributed by atoms with Crippen molar-refractivity contribution in [3.8, 4) is 11.4 Å². The first-order chi connectivity index (χ1) is 69.2. The maximum Gasteiger partial charge on any atom is 0.355 e. The minimum Gasteiger partial charge on any atom is -0.457 e. The van der Waals surface area contributed by atoms with E-state index in [1.807, 2.05) is 18.2 Å². The quantitative estimate of drug-likeness (QED) is 0.0147. The van der Waals surface area contributed by atoms with Gasteiger partial charge in [0.25, 0.3) is 5.56 Å². The van der Waals surface area contributed by atoms with E-state index in [-0.39, 0.29) is 87.2 Å². The van der Waals surface area contributed by atoms with Crippen LogP contribution in [0, 0.1) is 5.92 Å². The second-order valence-corrected chi connectivity index (χ2v) is 38.2. The zero-order valence-corrected chi connectivity index (χ0v) is 80.4. The average Bonchev–Trinajstić information content (AvgIpc) is 1.59. The third-order valence-corrected chi connectivity index (χ3v) is 28.4. The number of benzene rings is 1. The van der Waals surface area contributed by atoms with Crippen LogP contribution in [0.2, 0.25) is 0 Å². The van der Waals surface area contributed by atoms with Crippen LogP contribution in [0.3, 0.4) is 0 Å². The number of para-hydroxylation sites is 1. The number of likely N-dealkylation sites (N-methyl/N-ethyl adjacent to an activating group) is 2. The lowest BCUT2D eigenvalue weighted by molar-refractivity contribution is -0.431. The molecule has 5 amide bonds. The molecule has 0 radical (unpaired) electrons. The highest BCUT2D eigenvalue weighted by molar-refractivity contribution is 7.99. The van der Waals surface area contributed by atoms with Crippen LogP contribution in [0.15, 0.2) is 41.2 Å². The molecule has 14 bridgehead atoms. The molecule has 3 aromatic rings. The summed E-state index contributed by atoms with van der Waals surface area (Å²) >= 11 is 1.63. The molecule has 145 heavy (non-hydrogen) atoms. The number of carbonyl (C=O) groups excluding carboxylic acids is 9. The molecule has 0 aliphatic carbocycles. The zero-order chi connectivity index (χ0) is 105. The van der Waals surface area contributed by atoms with Gasteiger partial charge in [-0.25, -0.2) is 9.78 Å². The predicted molar refractivity (Wildman–Crippen MR) is 481 cm³/mol. The van der Waals surface area contributed by atoms with Gasteiger partial charge in [-0.3, -0.25) is 43.2 Å². The second kappa shape index (κ2) is 51.5. The van der Waals surface area contributed by atoms with Gasteiger partial charge in [0, 0.05) is 65.3 Å². The van der Waals surface area contributed by atoms with E-state index in [1.165, 1.54) is 25.5 Å². The Labute approximate surface area is 833 Å². The summed E-state index contributed by atoms with van der Waals surface area (Å²) in [5.41, 5.74) is -0.255. The van der Waals surface area contributed by atoms with Gasteiger partial charge >= 0.3 is 11.9 Å². The number of cyclic esters (lactones) is 1. The largest absolute Gasteiger partial charge is 0.457 e. The fourth-order valence-corrected chi connectivity index (χ4v) is 20.4. The van der Waals surface area contributed by atoms with Crippen molar-refractivity contribution < 1.29 is 225 Å². The number of carbonyl (C=O) groups is 9. The standard InChI is InChI=1S/C88H126N8O47S2/c1-5-87(41-19-44-55-37(17-36-9-7-8-10-42(36)95-55)24-96(44)78(123)40(41)29-128-86(87)124)142-54(106)23-92-52(104)20-91-53(105)22-94-77(122)43(89-4)31-145-33-49-73-60(111)66(117)84(134-49)139-72-48(28-100)132-81(64(115)58(72)109)137-70-46(26-98)131-80(63(114)57(70)108)138-71-47(27-99)133-83(65(116)59(71)110)141-74-50(32-144-30-38(76(121)93-21-51(103)90-6-2)18-39(102)12-14-127-16-15-126-13-11-35(3)101)135-85(67(118)61(74)112)143-88(125)34-129-79(68(119)75(88)120)136-69-45(25-97)130-82(140-73)62(113)56(69)107/h7-10,17,19,38,43,45-50,56-75,79-85,89,97-100,107-120,125H,5-6,11-16,18,20-34H2,1-4H3,(H,90,103)(H,91,105)(H,92,104)(H,93,121)(H,94,122)/t38-,43-,45?,46?,47?,48?,49?,50?,56-,57-,58-,59-,60-,61-,62?,63?,64?,65?,66?,67?,68?,69-,70-,71-,72-,73-,74-,75-,79+,80-,81-,82+,83-,84+,85-,87+,88-/m1/s1. The molecule has 1 aromatic carbocycles. The Morgan fingerprint density at radius 1 is 0.510 bits per heavy atom. The van der Waals surface area contributed by atoms with Crippen LogP contribution >= 0.6 is 23.5 Å². The number of nitrogens with one attached hydrogen (secondary N) is 6. The van der Waals surface area contributed by atoms with Gasteiger partial charge in [0.15, 0.2) is 44.0 Å². The number of pyridine rings is 2. The van der Waals surface area contributed by atoms with Crippen LogP contribution in [-0.4, -0.2) is 496 Å². The number of Topliss-reactive ketones (excluding diaryl/α,β-unsaturated/α-hetero) is 2. The van der Waals surface area contributed by atoms with Crippen LogP contribution in [0.1, 0.15) is 63.1 Å². The molecule has 812 valence electrons. The predicted octanol–water partition coefficient (Wildman–Crippen LogP) is -14.0. The van der Waals surface area contributed by atoms with E-state index < -0.39 is 363 Å². The molecule has 37 atom stereocenters. The number of fused-ring (bicyclic) bond motifs is 5. The summed E-state index contributed by atoms with van der Waals surface area (Å²) in [6.07, 6.45) is -73.1. The summed E-state index contributed by atoms with van der Waals surface area (Å²) in [4.78, 5) is 138. The Balaban J connectivity index is 0.695. The maximum atomic E-state index is 14.1. The molecule has 21 fully saturated rings. The molecule has 25 N–H and O–H groups in total. The van der Waals surface area contributed by atoms with Crippen molar-refractivity contribution in [2.24, 2.45) is 5.92 Å². The number of hydrogen-bond donors (Lipinski definition) is 25. The Bertz CT molecular complexity index is 4960. The molecule has 25 heterocycles. The van der Waals surface area contributed by atoms with Crippen LogP contribution in [-0.2, 0) is 147 Å². The van der Waals surface area contributed by atoms with E-state index >= 15 is 0 Å². The van der Waals surface area contributed by atoms with Crippen LogP contribution in [0.5, 0.6) is 0 Å². The van der Waals surface area contributed by atoms with Crippen LogP contribution in [0.4, 0.5) is 0 Å². The van der Waals surface area contributed by atoms with Gasteiger partial charge in [0.2, 0.25) is 40.9 Å². The second-order valence-electron chi connectivity index (χ2n) is 36.0. The molecule has 26 rings (SSSR count). The van der Waals surface area contributed by atoms with Gasteiger partial charge in [-0.2, -0.15) is 23.5 Å². The fraction of sp³-hybridized carbons (Fsp3) is 0.739. The summed E-state index contributed by atoms with van der Waals surface area (Å²) in [5, 5.41) is 238. The van der Waals surface area contributed by atoms with Crippen molar-refractivity contribution in [2.75, 3.05) is 122 Å². The molecule has 0 spiro atoms. The zero-order valence-electron chi connectivity index (χ0n) is 78.8. The monoisotopic (exact) mass is 2110 g/mol. The Morgan fingerprint density at radius 3 is 1.44 bits per heavy atom. The molecule has 21 saturated heterocycles. The smallest absolute Gasteiger partial charge is 0.355 e. The van der Waals surface area contributed by atoms with Gasteiger partial charge in [0.1, 0.15) is 178 Å². The summed E-state index contributed by atoms with van der Waals surface area (Å²) < 4.78 is 107. The molecule has 0 saturated carbocycles. The average molecular weight is 2110 g/mol. The van der Waals surface area contributed by atoms with Gasteiger partial charge < -0.3 is 219 Å². The van der Waals surface area contributed by atoms with Gasteiger partial charge in [-0.15, -0.1) is 0 Å². The number of aliphatic hydroxyl groups is 19. The molecule has 57 heteroatoms. The molecular weight excluding hydrogens is 1990 g/mol. The maximum absolute atomic E-state index is 14.1. The van der Waals surface area contributed by atoms with E-state index in [9.17, 15) is 145 Å². The molecule has 55 nitrogen and oxygen atoms in total. The summed E-state index contributed by atoms with van der Waals surface area (Å²) in [6, 6.07) is 9.54. The first-order valence-electron chi connectivity index (χ1n) is 47.0. The highest BCUT2D eigenvalue weighted by Crippen LogP contribution is 2.45. The minimum absolute atomic E-state index is 0.0340. The number of aliphatic hydroxyl groups excluding tert-OH is 18. The number of nitrogens with zero attached hydrogens (tertiary/aromatic N) is 2. The first kappa shape index (κ1) is 115. The molecule has 23 aliphatic heterocycles. The van der Waals surface area contributed by atoms with E-state index in [0.29, 0.717) is 16.9 Å². The normalized spacial score (nSPS) is 36.7. The minimum atomic E-state index is -3.25. The number of ketones is 2. The number of hydrogen-bond acceptors (Lipinski definition) is 51. The van der Waals surface area contributed by atoms with Crippen molar-refractivity contribution in [2.45, 2.75) is 280 Å². The van der Waals surface area contributed by atoms with E-state index in [4.69, 9.17) is 90.2 Å². The number of amides is 5. The van der Waals surface area contributed by atoms with Gasteiger partial charge in [0.05, 0.1) is 126 Å². The number of aromatic nitrogens is 2. The van der Waals surface area contributed by atoms with E-state index in [1.54, 1.807) is 25.1 Å². The van der Waals surface area contributed by atoms with Gasteiger partial charge in [-0.05, 0) is 45.5 Å². The molecule has 2 aromatic heterocycles. The molecular formula is C88H126N8O47S2. The summed E-state index contributed by atoms with van der Waals surface area (Å²) in [7, 11) is 1.34. The first-order valence-corrected chi connectivity index (χ1v) is 49.3. The van der Waals surface area contributed by atoms with Crippen LogP contribution < -0.4 is 37.5 Å². The van der Waals surface area contributed by atoms with E-state index in [2.05, 4.69) is 31.9 Å². The third-order valence-electron chi connectivity index (χ3n) is 26.1. The summed E-state index contributed by atoms with van der Waals surface area (Å²) in [6.45, 7) is -4.31.